The fourth-order valence-electron chi connectivity index (χ4n) is 4.29. The van der Waals surface area contributed by atoms with Crippen LogP contribution in [0, 0.1) is 6.92 Å². The summed E-state index contributed by atoms with van der Waals surface area (Å²) in [5, 5.41) is 3.10. The van der Waals surface area contributed by atoms with E-state index in [4.69, 9.17) is 0 Å². The molecule has 1 atom stereocenters. The van der Waals surface area contributed by atoms with Crippen LogP contribution in [0.4, 0.5) is 10.5 Å². The second-order valence-corrected chi connectivity index (χ2v) is 8.67. The number of urea groups is 1. The zero-order chi connectivity index (χ0) is 21.4. The van der Waals surface area contributed by atoms with Crippen LogP contribution in [0.25, 0.3) is 5.69 Å². The molecule has 0 bridgehead atoms. The summed E-state index contributed by atoms with van der Waals surface area (Å²) in [4.78, 5) is 15.6. The van der Waals surface area contributed by atoms with Crippen molar-refractivity contribution in [1.29, 1.82) is 0 Å². The van der Waals surface area contributed by atoms with E-state index in [0.29, 0.717) is 6.54 Å². The number of aromatic nitrogens is 1. The Hall–Kier alpha value is -3.31. The van der Waals surface area contributed by atoms with Gasteiger partial charge in [-0.1, -0.05) is 58.4 Å². The first kappa shape index (κ1) is 19.6. The molecule has 31 heavy (non-hydrogen) atoms. The number of para-hydroxylation sites is 1. The number of benzene rings is 3. The molecule has 0 unspecified atom stereocenters. The van der Waals surface area contributed by atoms with Crippen LogP contribution >= 0.6 is 15.9 Å². The quantitative estimate of drug-likeness (QED) is 0.347. The number of anilines is 1. The lowest BCUT2D eigenvalue weighted by Gasteiger charge is -2.32. The molecular weight excluding hydrogens is 450 g/mol. The van der Waals surface area contributed by atoms with Crippen molar-refractivity contribution in [3.05, 3.63) is 118 Å². The summed E-state index contributed by atoms with van der Waals surface area (Å²) in [7, 11) is 0. The minimum atomic E-state index is -0.209. The normalized spacial score (nSPS) is 15.0. The van der Waals surface area contributed by atoms with Gasteiger partial charge in [0.05, 0.1) is 12.2 Å². The molecule has 0 fully saturated rings. The fourth-order valence-corrected chi connectivity index (χ4v) is 4.55. The molecule has 0 radical (unpaired) electrons. The highest BCUT2D eigenvalue weighted by atomic mass is 79.9. The average Bonchev–Trinajstić information content (AvgIpc) is 3.21. The Morgan fingerprint density at radius 1 is 0.935 bits per heavy atom. The molecule has 2 heterocycles. The van der Waals surface area contributed by atoms with Crippen LogP contribution in [0.15, 0.2) is 95.6 Å². The predicted molar refractivity (Wildman–Crippen MR) is 127 cm³/mol. The minimum absolute atomic E-state index is 0.125. The third-order valence-corrected chi connectivity index (χ3v) is 6.33. The summed E-state index contributed by atoms with van der Waals surface area (Å²) in [6, 6.07) is 28.1. The van der Waals surface area contributed by atoms with Crippen LogP contribution in [0.2, 0.25) is 0 Å². The van der Waals surface area contributed by atoms with E-state index in [9.17, 15) is 4.79 Å². The van der Waals surface area contributed by atoms with Gasteiger partial charge in [0.15, 0.2) is 0 Å². The van der Waals surface area contributed by atoms with E-state index in [1.165, 1.54) is 0 Å². The molecule has 0 saturated heterocycles. The Labute approximate surface area is 190 Å². The number of carbonyl (C=O) groups excluding carboxylic acids is 1. The van der Waals surface area contributed by atoms with Gasteiger partial charge in [-0.25, -0.2) is 4.79 Å². The van der Waals surface area contributed by atoms with Crippen molar-refractivity contribution >= 4 is 27.6 Å². The maximum atomic E-state index is 13.6. The van der Waals surface area contributed by atoms with Gasteiger partial charge in [0, 0.05) is 22.1 Å². The van der Waals surface area contributed by atoms with E-state index in [0.717, 1.165) is 38.2 Å². The van der Waals surface area contributed by atoms with E-state index in [2.05, 4.69) is 69.3 Å². The lowest BCUT2D eigenvalue weighted by atomic mass is 9.97. The SMILES string of the molecule is Cc1ccccc1[C@H]1c2cccn2-c2ccccc2CN1C(=O)Nc1ccc(Br)cc1. The van der Waals surface area contributed by atoms with Crippen molar-refractivity contribution in [1.82, 2.24) is 9.47 Å². The van der Waals surface area contributed by atoms with Gasteiger partial charge in [-0.05, 0) is 66.1 Å². The summed E-state index contributed by atoms with van der Waals surface area (Å²) in [6.45, 7) is 2.62. The molecule has 0 aliphatic carbocycles. The van der Waals surface area contributed by atoms with E-state index in [1.54, 1.807) is 0 Å². The molecule has 4 aromatic rings. The van der Waals surface area contributed by atoms with E-state index >= 15 is 0 Å². The highest BCUT2D eigenvalue weighted by Gasteiger charge is 2.33. The lowest BCUT2D eigenvalue weighted by molar-refractivity contribution is 0.194. The number of hydrogen-bond donors (Lipinski definition) is 1. The molecule has 4 nitrogen and oxygen atoms in total. The van der Waals surface area contributed by atoms with Crippen LogP contribution in [0.1, 0.15) is 28.4 Å². The number of amides is 2. The molecule has 1 aliphatic heterocycles. The predicted octanol–water partition coefficient (Wildman–Crippen LogP) is 6.69. The van der Waals surface area contributed by atoms with Gasteiger partial charge in [-0.3, -0.25) is 0 Å². The highest BCUT2D eigenvalue weighted by Crippen LogP contribution is 2.38. The van der Waals surface area contributed by atoms with Crippen molar-refractivity contribution in [2.45, 2.75) is 19.5 Å². The molecule has 1 N–H and O–H groups in total. The van der Waals surface area contributed by atoms with Crippen molar-refractivity contribution < 1.29 is 4.79 Å². The van der Waals surface area contributed by atoms with Crippen LogP contribution in [-0.4, -0.2) is 15.5 Å². The third kappa shape index (κ3) is 3.66. The van der Waals surface area contributed by atoms with Gasteiger partial charge >= 0.3 is 6.03 Å². The average molecular weight is 472 g/mol. The third-order valence-electron chi connectivity index (χ3n) is 5.80. The molecule has 5 heteroatoms. The van der Waals surface area contributed by atoms with Crippen LogP contribution < -0.4 is 5.32 Å². The molecular formula is C26H22BrN3O. The summed E-state index contributed by atoms with van der Waals surface area (Å²) >= 11 is 3.45. The number of aryl methyl sites for hydroxylation is 1. The van der Waals surface area contributed by atoms with Gasteiger partial charge < -0.3 is 14.8 Å². The standard InChI is InChI=1S/C26H22BrN3O/c1-18-7-2-4-9-22(18)25-24-11-6-16-29(24)23-10-5-3-8-19(23)17-30(25)26(31)28-21-14-12-20(27)13-15-21/h2-16,25H,17H2,1H3,(H,28,31)/t25-/m0/s1. The number of nitrogens with one attached hydrogen (secondary N) is 1. The molecule has 154 valence electrons. The fraction of sp³-hybridized carbons (Fsp3) is 0.115. The Morgan fingerprint density at radius 3 is 2.48 bits per heavy atom. The zero-order valence-electron chi connectivity index (χ0n) is 17.1. The minimum Gasteiger partial charge on any atom is -0.318 e. The molecule has 1 aliphatic rings. The van der Waals surface area contributed by atoms with Crippen LogP contribution in [-0.2, 0) is 6.54 Å². The Kier molecular flexibility index (Phi) is 5.12. The second-order valence-electron chi connectivity index (χ2n) is 7.76. The van der Waals surface area contributed by atoms with Crippen molar-refractivity contribution in [2.75, 3.05) is 5.32 Å². The number of fused-ring (bicyclic) bond motifs is 3. The van der Waals surface area contributed by atoms with E-state index in [-0.39, 0.29) is 12.1 Å². The highest BCUT2D eigenvalue weighted by molar-refractivity contribution is 9.10. The summed E-state index contributed by atoms with van der Waals surface area (Å²) in [6.07, 6.45) is 2.08. The first-order valence-electron chi connectivity index (χ1n) is 10.3. The number of rotatable bonds is 2. The monoisotopic (exact) mass is 471 g/mol. The van der Waals surface area contributed by atoms with Gasteiger partial charge in [0.25, 0.3) is 0 Å². The van der Waals surface area contributed by atoms with Crippen LogP contribution in [0.3, 0.4) is 0 Å². The summed E-state index contributed by atoms with van der Waals surface area (Å²) in [5.74, 6) is 0. The first-order chi connectivity index (χ1) is 15.1. The first-order valence-corrected chi connectivity index (χ1v) is 11.1. The number of carbonyl (C=O) groups is 1. The van der Waals surface area contributed by atoms with Gasteiger partial charge in [0.2, 0.25) is 0 Å². The van der Waals surface area contributed by atoms with Gasteiger partial charge in [-0.2, -0.15) is 0 Å². The Morgan fingerprint density at radius 2 is 1.68 bits per heavy atom. The van der Waals surface area contributed by atoms with Crippen molar-refractivity contribution in [2.24, 2.45) is 0 Å². The number of nitrogens with zero attached hydrogens (tertiary/aromatic N) is 2. The van der Waals surface area contributed by atoms with E-state index in [1.807, 2.05) is 59.5 Å². The molecule has 0 saturated carbocycles. The van der Waals surface area contributed by atoms with Crippen molar-refractivity contribution in [3.8, 4) is 5.69 Å². The maximum Gasteiger partial charge on any atom is 0.322 e. The topological polar surface area (TPSA) is 37.3 Å². The number of halogens is 1. The Balaban J connectivity index is 1.64. The van der Waals surface area contributed by atoms with E-state index < -0.39 is 0 Å². The smallest absolute Gasteiger partial charge is 0.318 e. The lowest BCUT2D eigenvalue weighted by Crippen LogP contribution is -2.38. The molecule has 5 rings (SSSR count). The zero-order valence-corrected chi connectivity index (χ0v) is 18.7. The summed E-state index contributed by atoms with van der Waals surface area (Å²) < 4.78 is 3.18. The summed E-state index contributed by atoms with van der Waals surface area (Å²) in [5.41, 5.74) is 6.35. The maximum absolute atomic E-state index is 13.6. The van der Waals surface area contributed by atoms with Crippen LogP contribution in [0.5, 0.6) is 0 Å². The molecule has 0 spiro atoms. The molecule has 2 amide bonds. The largest absolute Gasteiger partial charge is 0.322 e. The van der Waals surface area contributed by atoms with Gasteiger partial charge in [-0.15, -0.1) is 0 Å². The molecule has 1 aromatic heterocycles. The molecule has 3 aromatic carbocycles. The Bertz CT molecular complexity index is 1250. The van der Waals surface area contributed by atoms with Crippen molar-refractivity contribution in [3.63, 3.8) is 0 Å². The second kappa shape index (κ2) is 8.08. The van der Waals surface area contributed by atoms with Gasteiger partial charge in [0.1, 0.15) is 6.04 Å². The number of hydrogen-bond acceptors (Lipinski definition) is 1.